The molecule has 1 atom stereocenters. The third-order valence-corrected chi connectivity index (χ3v) is 10.1. The van der Waals surface area contributed by atoms with E-state index >= 15 is 0 Å². The Morgan fingerprint density at radius 2 is 0.535 bits per heavy atom. The van der Waals surface area contributed by atoms with Crippen LogP contribution in [0.3, 0.4) is 0 Å². The monoisotopic (exact) mass is 603 g/mol. The van der Waals surface area contributed by atoms with Gasteiger partial charge in [0.25, 0.3) is 0 Å². The number of rotatable bonds is 35. The fraction of sp³-hybridized carbons (Fsp3) is 0.951. The number of hydrogen-bond donors (Lipinski definition) is 0. The van der Waals surface area contributed by atoms with Gasteiger partial charge >= 0.3 is 0 Å². The van der Waals surface area contributed by atoms with E-state index in [2.05, 4.69) is 43.0 Å². The lowest BCUT2D eigenvalue weighted by molar-refractivity contribution is 0.135. The molecular weight excluding hydrogens is 520 g/mol. The zero-order chi connectivity index (χ0) is 30.9. The molecule has 0 aromatic heterocycles. The molecule has 0 aromatic carbocycles. The highest BCUT2D eigenvalue weighted by atomic mass is 15.4. The molecule has 0 N–H and O–H groups in total. The van der Waals surface area contributed by atoms with Gasteiger partial charge in [0, 0.05) is 25.5 Å². The Bertz CT molecular complexity index is 558. The minimum atomic E-state index is 0.640. The summed E-state index contributed by atoms with van der Waals surface area (Å²) < 4.78 is 0. The van der Waals surface area contributed by atoms with Gasteiger partial charge in [-0.2, -0.15) is 0 Å². The van der Waals surface area contributed by atoms with Crippen molar-refractivity contribution in [3.05, 3.63) is 12.4 Å². The van der Waals surface area contributed by atoms with E-state index in [0.29, 0.717) is 6.17 Å². The largest absolute Gasteiger partial charge is 0.356 e. The Hall–Kier alpha value is -0.660. The van der Waals surface area contributed by atoms with Crippen molar-refractivity contribution in [1.29, 1.82) is 0 Å². The first-order valence-corrected chi connectivity index (χ1v) is 20.5. The van der Waals surface area contributed by atoms with Crippen LogP contribution in [0.4, 0.5) is 0 Å². The van der Waals surface area contributed by atoms with Crippen LogP contribution < -0.4 is 0 Å². The van der Waals surface area contributed by atoms with Crippen LogP contribution in [0.15, 0.2) is 12.4 Å². The first kappa shape index (κ1) is 40.4. The molecule has 1 unspecified atom stereocenters. The zero-order valence-electron chi connectivity index (χ0n) is 30.4. The van der Waals surface area contributed by atoms with E-state index in [1.165, 1.54) is 225 Å². The van der Waals surface area contributed by atoms with Gasteiger partial charge in [-0.25, -0.2) is 0 Å². The lowest BCUT2D eigenvalue weighted by Gasteiger charge is -2.33. The predicted octanol–water partition coefficient (Wildman–Crippen LogP) is 14.3. The molecule has 2 heteroatoms. The summed E-state index contributed by atoms with van der Waals surface area (Å²) in [7, 11) is 0. The van der Waals surface area contributed by atoms with E-state index in [0.717, 1.165) is 0 Å². The van der Waals surface area contributed by atoms with E-state index in [-0.39, 0.29) is 0 Å². The van der Waals surface area contributed by atoms with Crippen LogP contribution in [0.5, 0.6) is 0 Å². The van der Waals surface area contributed by atoms with E-state index in [9.17, 15) is 0 Å². The molecule has 0 aliphatic carbocycles. The molecule has 256 valence electrons. The van der Waals surface area contributed by atoms with Crippen LogP contribution >= 0.6 is 0 Å². The second-order valence-corrected chi connectivity index (χ2v) is 14.3. The van der Waals surface area contributed by atoms with Crippen LogP contribution in [-0.4, -0.2) is 29.1 Å². The van der Waals surface area contributed by atoms with Gasteiger partial charge in [0.1, 0.15) is 6.17 Å². The molecule has 0 aromatic rings. The van der Waals surface area contributed by atoms with Crippen molar-refractivity contribution in [2.45, 2.75) is 239 Å². The molecule has 0 saturated heterocycles. The summed E-state index contributed by atoms with van der Waals surface area (Å²) in [5, 5.41) is 0. The molecule has 0 radical (unpaired) electrons. The standard InChI is InChI=1S/C41H82N2/c1-4-7-10-13-15-17-19-21-22-24-26-28-30-32-35-38-43-40-39-42(41(43)36-33-12-9-6-3)37-34-31-29-27-25-23-20-18-16-14-11-8-5-2/h39-41H,4-38H2,1-3H3. The third kappa shape index (κ3) is 25.2. The summed E-state index contributed by atoms with van der Waals surface area (Å²) in [5.74, 6) is 0. The van der Waals surface area contributed by atoms with Crippen LogP contribution in [0.25, 0.3) is 0 Å². The van der Waals surface area contributed by atoms with Crippen molar-refractivity contribution in [2.24, 2.45) is 0 Å². The van der Waals surface area contributed by atoms with Crippen molar-refractivity contribution < 1.29 is 0 Å². The highest BCUT2D eigenvalue weighted by Crippen LogP contribution is 2.24. The summed E-state index contributed by atoms with van der Waals surface area (Å²) in [6.07, 6.45) is 52.9. The van der Waals surface area contributed by atoms with Crippen molar-refractivity contribution in [1.82, 2.24) is 9.80 Å². The van der Waals surface area contributed by atoms with Gasteiger partial charge in [-0.3, -0.25) is 0 Å². The fourth-order valence-electron chi connectivity index (χ4n) is 7.07. The van der Waals surface area contributed by atoms with Gasteiger partial charge in [0.2, 0.25) is 0 Å². The lowest BCUT2D eigenvalue weighted by atomic mass is 10.0. The van der Waals surface area contributed by atoms with Crippen LogP contribution in [0, 0.1) is 0 Å². The molecule has 2 nitrogen and oxygen atoms in total. The Labute approximate surface area is 273 Å². The number of nitrogens with zero attached hydrogens (tertiary/aromatic N) is 2. The van der Waals surface area contributed by atoms with Crippen molar-refractivity contribution >= 4 is 0 Å². The quantitative estimate of drug-likeness (QED) is 0.0666. The number of hydrogen-bond acceptors (Lipinski definition) is 2. The van der Waals surface area contributed by atoms with E-state index < -0.39 is 0 Å². The molecule has 0 amide bonds. The van der Waals surface area contributed by atoms with Crippen LogP contribution in [0.1, 0.15) is 233 Å². The van der Waals surface area contributed by atoms with Crippen molar-refractivity contribution in [3.8, 4) is 0 Å². The van der Waals surface area contributed by atoms with Gasteiger partial charge in [0.05, 0.1) is 0 Å². The maximum absolute atomic E-state index is 2.70. The average molecular weight is 603 g/mol. The van der Waals surface area contributed by atoms with Gasteiger partial charge in [-0.1, -0.05) is 207 Å². The minimum Gasteiger partial charge on any atom is -0.356 e. The maximum atomic E-state index is 2.70. The molecule has 43 heavy (non-hydrogen) atoms. The Balaban J connectivity index is 2.07. The van der Waals surface area contributed by atoms with Gasteiger partial charge in [-0.15, -0.1) is 0 Å². The normalized spacial score (nSPS) is 14.9. The summed E-state index contributed by atoms with van der Waals surface area (Å²) in [5.41, 5.74) is 0. The summed E-state index contributed by atoms with van der Waals surface area (Å²) in [6, 6.07) is 0. The Morgan fingerprint density at radius 1 is 0.302 bits per heavy atom. The first-order chi connectivity index (χ1) is 21.3. The summed E-state index contributed by atoms with van der Waals surface area (Å²) in [4.78, 5) is 5.41. The topological polar surface area (TPSA) is 6.48 Å². The number of unbranched alkanes of at least 4 members (excludes halogenated alkanes) is 29. The first-order valence-electron chi connectivity index (χ1n) is 20.5. The highest BCUT2D eigenvalue weighted by Gasteiger charge is 2.24. The summed E-state index contributed by atoms with van der Waals surface area (Å²) in [6.45, 7) is 9.49. The molecular formula is C41H82N2. The zero-order valence-corrected chi connectivity index (χ0v) is 30.4. The predicted molar refractivity (Wildman–Crippen MR) is 196 cm³/mol. The maximum Gasteiger partial charge on any atom is 0.101 e. The molecule has 1 aliphatic rings. The van der Waals surface area contributed by atoms with Gasteiger partial charge in [0.15, 0.2) is 0 Å². The molecule has 1 aliphatic heterocycles. The Kier molecular flexibility index (Phi) is 30.7. The van der Waals surface area contributed by atoms with Crippen molar-refractivity contribution in [2.75, 3.05) is 13.1 Å². The molecule has 0 bridgehead atoms. The molecule has 0 fully saturated rings. The average Bonchev–Trinajstić information content (AvgIpc) is 3.40. The van der Waals surface area contributed by atoms with Crippen molar-refractivity contribution in [3.63, 3.8) is 0 Å². The lowest BCUT2D eigenvalue weighted by Crippen LogP contribution is -2.39. The SMILES string of the molecule is CCCCCCCCCCCCCCCCCN1C=CN(CCCCCCCCCCCCCCC)C1CCCCCC. The molecule has 0 saturated carbocycles. The van der Waals surface area contributed by atoms with Gasteiger partial charge in [-0.05, 0) is 25.7 Å². The minimum absolute atomic E-state index is 0.640. The second kappa shape index (κ2) is 32.7. The summed E-state index contributed by atoms with van der Waals surface area (Å²) >= 11 is 0. The smallest absolute Gasteiger partial charge is 0.101 e. The van der Waals surface area contributed by atoms with E-state index in [1.807, 2.05) is 0 Å². The third-order valence-electron chi connectivity index (χ3n) is 10.1. The molecule has 1 rings (SSSR count). The molecule has 1 heterocycles. The van der Waals surface area contributed by atoms with Crippen LogP contribution in [-0.2, 0) is 0 Å². The fourth-order valence-corrected chi connectivity index (χ4v) is 7.07. The van der Waals surface area contributed by atoms with E-state index in [1.54, 1.807) is 0 Å². The van der Waals surface area contributed by atoms with E-state index in [4.69, 9.17) is 0 Å². The van der Waals surface area contributed by atoms with Gasteiger partial charge < -0.3 is 9.80 Å². The Morgan fingerprint density at radius 3 is 0.814 bits per heavy atom. The van der Waals surface area contributed by atoms with Crippen LogP contribution in [0.2, 0.25) is 0 Å². The second-order valence-electron chi connectivity index (χ2n) is 14.3. The molecule has 0 spiro atoms. The highest BCUT2D eigenvalue weighted by molar-refractivity contribution is 4.97.